The highest BCUT2D eigenvalue weighted by atomic mass is 16.5. The summed E-state index contributed by atoms with van der Waals surface area (Å²) >= 11 is 0. The monoisotopic (exact) mass is 344 g/mol. The summed E-state index contributed by atoms with van der Waals surface area (Å²) in [5, 5.41) is 0. The number of carbonyl (C=O) groups excluding carboxylic acids is 1. The molecule has 0 spiro atoms. The largest absolute Gasteiger partial charge is 0.497 e. The quantitative estimate of drug-likeness (QED) is 0.607. The van der Waals surface area contributed by atoms with Gasteiger partial charge in [0, 0.05) is 18.3 Å². The number of methoxy groups -OCH3 is 1. The fraction of sp³-hybridized carbons (Fsp3) is 0.571. The lowest BCUT2D eigenvalue weighted by Crippen LogP contribution is -2.54. The molecule has 2 bridgehead atoms. The smallest absolute Gasteiger partial charge is 0.302 e. The van der Waals surface area contributed by atoms with Gasteiger partial charge in [-0.15, -0.1) is 0 Å². The van der Waals surface area contributed by atoms with Gasteiger partial charge in [-0.3, -0.25) is 4.79 Å². The van der Waals surface area contributed by atoms with Crippen LogP contribution in [0.2, 0.25) is 0 Å². The molecule has 1 aliphatic heterocycles. The summed E-state index contributed by atoms with van der Waals surface area (Å²) in [5.74, 6) is 1.59. The number of carbonyl (C=O) groups is 1. The van der Waals surface area contributed by atoms with Crippen LogP contribution in [0.4, 0.5) is 0 Å². The molecular formula is C21H28O4. The number of ether oxygens (including phenoxy) is 3. The molecule has 0 amide bonds. The molecule has 5 atom stereocenters. The summed E-state index contributed by atoms with van der Waals surface area (Å²) in [6.45, 7) is 9.16. The van der Waals surface area contributed by atoms with Crippen LogP contribution in [0, 0.1) is 23.2 Å². The van der Waals surface area contributed by atoms with Gasteiger partial charge in [0.15, 0.2) is 0 Å². The summed E-state index contributed by atoms with van der Waals surface area (Å²) in [5.41, 5.74) is 2.37. The molecule has 0 radical (unpaired) electrons. The standard InChI is InChI=1S/C21H28O4/c1-13-10-14(2)21(11-24-16(4)22)12-25-20(19(13)15(21)3)17-6-8-18(23-5)9-7-17/h6-10,14-15,19-20H,11-12H2,1-5H3/t14-,15+,19-,20+,21+/m0/s1. The van der Waals surface area contributed by atoms with Crippen molar-refractivity contribution in [2.75, 3.05) is 20.3 Å². The molecule has 4 nitrogen and oxygen atoms in total. The van der Waals surface area contributed by atoms with Crippen molar-refractivity contribution < 1.29 is 19.0 Å². The Morgan fingerprint density at radius 3 is 2.56 bits per heavy atom. The summed E-state index contributed by atoms with van der Waals surface area (Å²) in [6.07, 6.45) is 2.36. The minimum absolute atomic E-state index is 0.0232. The van der Waals surface area contributed by atoms with Crippen LogP contribution in [0.5, 0.6) is 5.75 Å². The van der Waals surface area contributed by atoms with Crippen LogP contribution in [-0.4, -0.2) is 26.3 Å². The zero-order valence-electron chi connectivity index (χ0n) is 15.7. The lowest BCUT2D eigenvalue weighted by molar-refractivity contribution is -0.180. The maximum atomic E-state index is 11.4. The molecular weight excluding hydrogens is 316 g/mol. The number of hydrogen-bond donors (Lipinski definition) is 0. The zero-order chi connectivity index (χ0) is 18.2. The van der Waals surface area contributed by atoms with E-state index in [1.807, 2.05) is 12.1 Å². The van der Waals surface area contributed by atoms with Gasteiger partial charge >= 0.3 is 5.97 Å². The lowest BCUT2D eigenvalue weighted by Gasteiger charge is -2.55. The third kappa shape index (κ3) is 3.08. The number of allylic oxidation sites excluding steroid dienone is 1. The van der Waals surface area contributed by atoms with E-state index >= 15 is 0 Å². The van der Waals surface area contributed by atoms with Gasteiger partial charge in [-0.1, -0.05) is 37.6 Å². The fourth-order valence-corrected chi connectivity index (χ4v) is 4.59. The van der Waals surface area contributed by atoms with E-state index in [9.17, 15) is 4.79 Å². The molecule has 1 aromatic carbocycles. The Morgan fingerprint density at radius 1 is 1.28 bits per heavy atom. The topological polar surface area (TPSA) is 44.8 Å². The van der Waals surface area contributed by atoms with Crippen molar-refractivity contribution in [2.24, 2.45) is 23.2 Å². The van der Waals surface area contributed by atoms with Gasteiger partial charge in [-0.05, 0) is 36.5 Å². The SMILES string of the molecule is COc1ccc([C@H]2OC[C@@]3(COC(C)=O)[C@H](C)[C@@H]2C(C)=C[C@@H]3C)cc1. The van der Waals surface area contributed by atoms with E-state index in [1.54, 1.807) is 7.11 Å². The van der Waals surface area contributed by atoms with Crippen molar-refractivity contribution in [3.63, 3.8) is 0 Å². The van der Waals surface area contributed by atoms with Gasteiger partial charge in [0.2, 0.25) is 0 Å². The lowest BCUT2D eigenvalue weighted by atomic mass is 9.56. The highest BCUT2D eigenvalue weighted by molar-refractivity contribution is 5.66. The Morgan fingerprint density at radius 2 is 1.96 bits per heavy atom. The van der Waals surface area contributed by atoms with Gasteiger partial charge in [0.1, 0.15) is 5.75 Å². The number of esters is 1. The maximum absolute atomic E-state index is 11.4. The van der Waals surface area contributed by atoms with E-state index in [2.05, 4.69) is 39.0 Å². The van der Waals surface area contributed by atoms with Crippen LogP contribution in [0.25, 0.3) is 0 Å². The Labute approximate surface area is 150 Å². The Balaban J connectivity index is 1.92. The second kappa shape index (κ2) is 6.83. The van der Waals surface area contributed by atoms with Gasteiger partial charge < -0.3 is 14.2 Å². The average Bonchev–Trinajstić information content (AvgIpc) is 2.59. The first-order valence-electron chi connectivity index (χ1n) is 8.96. The van der Waals surface area contributed by atoms with Crippen molar-refractivity contribution in [3.05, 3.63) is 41.5 Å². The summed E-state index contributed by atoms with van der Waals surface area (Å²) in [6, 6.07) is 8.13. The van der Waals surface area contributed by atoms with Crippen molar-refractivity contribution in [1.29, 1.82) is 0 Å². The molecule has 1 saturated heterocycles. The van der Waals surface area contributed by atoms with E-state index in [0.717, 1.165) is 5.75 Å². The highest BCUT2D eigenvalue weighted by Gasteiger charge is 2.54. The number of rotatable bonds is 4. The van der Waals surface area contributed by atoms with E-state index < -0.39 is 0 Å². The van der Waals surface area contributed by atoms with Crippen LogP contribution >= 0.6 is 0 Å². The van der Waals surface area contributed by atoms with Crippen molar-refractivity contribution >= 4 is 5.97 Å². The first-order valence-corrected chi connectivity index (χ1v) is 8.96. The molecule has 136 valence electrons. The third-order valence-corrected chi connectivity index (χ3v) is 6.24. The van der Waals surface area contributed by atoms with Crippen LogP contribution in [0.1, 0.15) is 39.4 Å². The normalized spacial score (nSPS) is 34.2. The first kappa shape index (κ1) is 18.0. The number of hydrogen-bond acceptors (Lipinski definition) is 4. The molecule has 3 rings (SSSR count). The Hall–Kier alpha value is -1.81. The minimum Gasteiger partial charge on any atom is -0.497 e. The first-order chi connectivity index (χ1) is 11.9. The van der Waals surface area contributed by atoms with Crippen LogP contribution in [0.15, 0.2) is 35.9 Å². The zero-order valence-corrected chi connectivity index (χ0v) is 15.7. The number of fused-ring (bicyclic) bond motifs is 2. The highest BCUT2D eigenvalue weighted by Crippen LogP contribution is 2.56. The van der Waals surface area contributed by atoms with E-state index in [0.29, 0.717) is 25.0 Å². The van der Waals surface area contributed by atoms with E-state index in [4.69, 9.17) is 14.2 Å². The van der Waals surface area contributed by atoms with Gasteiger partial charge in [-0.25, -0.2) is 0 Å². The summed E-state index contributed by atoms with van der Waals surface area (Å²) < 4.78 is 17.1. The van der Waals surface area contributed by atoms with Gasteiger partial charge in [0.05, 0.1) is 26.4 Å². The molecule has 1 fully saturated rings. The van der Waals surface area contributed by atoms with Crippen molar-refractivity contribution in [3.8, 4) is 5.75 Å². The van der Waals surface area contributed by atoms with Crippen LogP contribution in [0.3, 0.4) is 0 Å². The van der Waals surface area contributed by atoms with Crippen molar-refractivity contribution in [1.82, 2.24) is 0 Å². The molecule has 2 aliphatic rings. The van der Waals surface area contributed by atoms with Crippen LogP contribution < -0.4 is 4.74 Å². The summed E-state index contributed by atoms with van der Waals surface area (Å²) in [7, 11) is 1.67. The second-order valence-electron chi connectivity index (χ2n) is 7.53. The molecule has 0 unspecified atom stereocenters. The molecule has 25 heavy (non-hydrogen) atoms. The van der Waals surface area contributed by atoms with Gasteiger partial charge in [-0.2, -0.15) is 0 Å². The maximum Gasteiger partial charge on any atom is 0.302 e. The minimum atomic E-state index is -0.228. The molecule has 1 aliphatic carbocycles. The number of benzene rings is 1. The Bertz CT molecular complexity index is 663. The molecule has 0 N–H and O–H groups in total. The predicted molar refractivity (Wildman–Crippen MR) is 96.3 cm³/mol. The molecule has 1 heterocycles. The molecule has 0 saturated carbocycles. The average molecular weight is 344 g/mol. The molecule has 0 aromatic heterocycles. The summed E-state index contributed by atoms with van der Waals surface area (Å²) in [4.78, 5) is 11.4. The van der Waals surface area contributed by atoms with Gasteiger partial charge in [0.25, 0.3) is 0 Å². The molecule has 1 aromatic rings. The second-order valence-corrected chi connectivity index (χ2v) is 7.53. The molecule has 4 heteroatoms. The fourth-order valence-electron chi connectivity index (χ4n) is 4.59. The third-order valence-electron chi connectivity index (χ3n) is 6.24. The Kier molecular flexibility index (Phi) is 4.92. The predicted octanol–water partition coefficient (Wildman–Crippen LogP) is 4.16. The van der Waals surface area contributed by atoms with E-state index in [-0.39, 0.29) is 23.4 Å². The van der Waals surface area contributed by atoms with Crippen molar-refractivity contribution in [2.45, 2.75) is 33.8 Å². The van der Waals surface area contributed by atoms with Crippen LogP contribution in [-0.2, 0) is 14.3 Å². The van der Waals surface area contributed by atoms with E-state index in [1.165, 1.54) is 18.1 Å².